The summed E-state index contributed by atoms with van der Waals surface area (Å²) < 4.78 is 27.2. The minimum Gasteiger partial charge on any atom is -0.478 e. The molecule has 2 saturated heterocycles. The van der Waals surface area contributed by atoms with Crippen molar-refractivity contribution in [1.29, 1.82) is 0 Å². The first-order valence-corrected chi connectivity index (χ1v) is 14.8. The number of ether oxygens (including phenoxy) is 4. The van der Waals surface area contributed by atoms with Gasteiger partial charge in [-0.2, -0.15) is 0 Å². The average Bonchev–Trinajstić information content (AvgIpc) is 3.43. The van der Waals surface area contributed by atoms with Gasteiger partial charge in [-0.15, -0.1) is 0 Å². The third kappa shape index (κ3) is 4.17. The molecule has 0 spiro atoms. The summed E-state index contributed by atoms with van der Waals surface area (Å²) in [6, 6.07) is 14.8. The molecule has 1 aliphatic carbocycles. The summed E-state index contributed by atoms with van der Waals surface area (Å²) >= 11 is 6.05. The van der Waals surface area contributed by atoms with Gasteiger partial charge in [-0.3, -0.25) is 4.98 Å². The summed E-state index contributed by atoms with van der Waals surface area (Å²) in [7, 11) is 0. The van der Waals surface area contributed by atoms with Crippen LogP contribution < -0.4 is 9.47 Å². The molecule has 3 fully saturated rings. The Hall–Kier alpha value is -3.66. The van der Waals surface area contributed by atoms with E-state index in [0.29, 0.717) is 42.0 Å². The van der Waals surface area contributed by atoms with Gasteiger partial charge in [0.25, 0.3) is 5.79 Å². The Morgan fingerprint density at radius 2 is 2.02 bits per heavy atom. The number of para-hydroxylation sites is 1. The highest BCUT2D eigenvalue weighted by atomic mass is 35.5. The Kier molecular flexibility index (Phi) is 5.83. The van der Waals surface area contributed by atoms with E-state index in [-0.39, 0.29) is 23.2 Å². The number of aromatic carboxylic acids is 1. The average molecular weight is 588 g/mol. The number of nitrogens with zero attached hydrogens (tertiary/aromatic N) is 3. The van der Waals surface area contributed by atoms with Gasteiger partial charge in [0.2, 0.25) is 0 Å². The van der Waals surface area contributed by atoms with Gasteiger partial charge in [0.15, 0.2) is 11.5 Å². The van der Waals surface area contributed by atoms with Crippen LogP contribution in [0.3, 0.4) is 0 Å². The van der Waals surface area contributed by atoms with Gasteiger partial charge in [0, 0.05) is 37.1 Å². The first-order valence-electron chi connectivity index (χ1n) is 14.4. The summed E-state index contributed by atoms with van der Waals surface area (Å²) in [6.07, 6.45) is 5.31. The van der Waals surface area contributed by atoms with Gasteiger partial charge in [-0.1, -0.05) is 23.7 Å². The van der Waals surface area contributed by atoms with Crippen LogP contribution in [0.15, 0.2) is 54.7 Å². The number of imidazole rings is 1. The lowest BCUT2D eigenvalue weighted by Gasteiger charge is -2.31. The third-order valence-electron chi connectivity index (χ3n) is 9.33. The molecule has 9 nitrogen and oxygen atoms in total. The fourth-order valence-electron chi connectivity index (χ4n) is 6.84. The zero-order valence-electron chi connectivity index (χ0n) is 23.1. The number of carboxylic acids is 1. The van der Waals surface area contributed by atoms with Crippen molar-refractivity contribution in [2.75, 3.05) is 13.2 Å². The van der Waals surface area contributed by atoms with E-state index in [4.69, 9.17) is 35.5 Å². The molecule has 3 aliphatic heterocycles. The van der Waals surface area contributed by atoms with Crippen molar-refractivity contribution < 1.29 is 28.8 Å². The number of rotatable bonds is 7. The van der Waals surface area contributed by atoms with E-state index in [1.54, 1.807) is 30.5 Å². The van der Waals surface area contributed by atoms with Gasteiger partial charge in [0.05, 0.1) is 47.0 Å². The van der Waals surface area contributed by atoms with Gasteiger partial charge >= 0.3 is 5.97 Å². The maximum Gasteiger partial charge on any atom is 0.335 e. The standard InChI is InChI=1S/C32H30ClN3O6/c1-31(27-8-6-20(33)15-34-27)41-26-4-2-3-23(29(26)42-31)32-14-19(32)12-22(40-17-32)13-28-35-24-7-5-18(30(37)38)11-25(24)36(28)16-21-9-10-39-21/h2-8,11,15,19,21-22H,9-10,12-14,16-17H2,1H3,(H,37,38)/t19?,21-,22?,31+,32?/m0/s1. The second kappa shape index (κ2) is 9.42. The fourth-order valence-corrected chi connectivity index (χ4v) is 6.95. The van der Waals surface area contributed by atoms with E-state index in [2.05, 4.69) is 15.6 Å². The van der Waals surface area contributed by atoms with Crippen LogP contribution in [0.5, 0.6) is 11.5 Å². The highest BCUT2D eigenvalue weighted by Gasteiger charge is 2.61. The van der Waals surface area contributed by atoms with E-state index in [1.807, 2.05) is 25.1 Å². The molecular weight excluding hydrogens is 558 g/mol. The smallest absolute Gasteiger partial charge is 0.335 e. The lowest BCUT2D eigenvalue weighted by Crippen LogP contribution is -2.35. The van der Waals surface area contributed by atoms with Crippen molar-refractivity contribution in [3.05, 3.63) is 82.4 Å². The van der Waals surface area contributed by atoms with Crippen LogP contribution in [0.25, 0.3) is 11.0 Å². The Labute approximate surface area is 247 Å². The monoisotopic (exact) mass is 587 g/mol. The summed E-state index contributed by atoms with van der Waals surface area (Å²) in [5.74, 6) is 0.854. The molecule has 0 amide bonds. The number of carboxylic acid groups (broad SMARTS) is 1. The van der Waals surface area contributed by atoms with Crippen molar-refractivity contribution in [1.82, 2.24) is 14.5 Å². The normalized spacial score (nSPS) is 29.2. The molecule has 3 unspecified atom stereocenters. The molecule has 42 heavy (non-hydrogen) atoms. The largest absolute Gasteiger partial charge is 0.478 e. The number of carbonyl (C=O) groups is 1. The Morgan fingerprint density at radius 1 is 1.14 bits per heavy atom. The van der Waals surface area contributed by atoms with Crippen LogP contribution in [0.2, 0.25) is 5.02 Å². The molecule has 0 radical (unpaired) electrons. The molecule has 2 aromatic carbocycles. The lowest BCUT2D eigenvalue weighted by molar-refractivity contribution is -0.0728. The van der Waals surface area contributed by atoms with Gasteiger partial charge in [0.1, 0.15) is 11.5 Å². The molecule has 5 heterocycles. The summed E-state index contributed by atoms with van der Waals surface area (Å²) in [5, 5.41) is 10.1. The first kappa shape index (κ1) is 26.0. The van der Waals surface area contributed by atoms with Gasteiger partial charge in [-0.05, 0) is 61.6 Å². The molecular formula is C32H30ClN3O6. The molecule has 5 atom stereocenters. The number of halogens is 1. The maximum atomic E-state index is 11.6. The molecule has 216 valence electrons. The van der Waals surface area contributed by atoms with E-state index in [0.717, 1.165) is 54.0 Å². The molecule has 1 saturated carbocycles. The second-order valence-corrected chi connectivity index (χ2v) is 12.4. The van der Waals surface area contributed by atoms with Crippen LogP contribution in [0.1, 0.15) is 53.6 Å². The quantitative estimate of drug-likeness (QED) is 0.302. The second-order valence-electron chi connectivity index (χ2n) is 12.0. The van der Waals surface area contributed by atoms with Crippen molar-refractivity contribution in [2.45, 2.75) is 62.6 Å². The SMILES string of the molecule is C[C@@]1(c2ccc(Cl)cn2)Oc2cccc(C34COC(Cc5nc6ccc(C(=O)O)cc6n5C[C@@H]5CCO5)CC3C4)c2O1. The van der Waals surface area contributed by atoms with Crippen molar-refractivity contribution in [3.63, 3.8) is 0 Å². The number of fused-ring (bicyclic) bond motifs is 3. The van der Waals surface area contributed by atoms with Crippen LogP contribution in [0, 0.1) is 5.92 Å². The predicted molar refractivity (Wildman–Crippen MR) is 153 cm³/mol. The van der Waals surface area contributed by atoms with Gasteiger partial charge in [-0.25, -0.2) is 9.78 Å². The first-order chi connectivity index (χ1) is 20.3. The highest BCUT2D eigenvalue weighted by Crippen LogP contribution is 2.63. The molecule has 4 aromatic rings. The maximum absolute atomic E-state index is 11.6. The minimum absolute atomic E-state index is 0.0138. The molecule has 4 aliphatic rings. The predicted octanol–water partition coefficient (Wildman–Crippen LogP) is 5.51. The number of pyridine rings is 1. The van der Waals surface area contributed by atoms with E-state index >= 15 is 0 Å². The lowest BCUT2D eigenvalue weighted by atomic mass is 9.88. The van der Waals surface area contributed by atoms with Crippen LogP contribution in [-0.4, -0.2) is 51.0 Å². The van der Waals surface area contributed by atoms with Crippen molar-refractivity contribution in [3.8, 4) is 11.5 Å². The van der Waals surface area contributed by atoms with E-state index in [1.165, 1.54) is 0 Å². The van der Waals surface area contributed by atoms with E-state index in [9.17, 15) is 9.90 Å². The molecule has 0 bridgehead atoms. The Bertz CT molecular complexity index is 1720. The van der Waals surface area contributed by atoms with Gasteiger partial charge < -0.3 is 28.6 Å². The minimum atomic E-state index is -1.04. The zero-order valence-corrected chi connectivity index (χ0v) is 23.8. The van der Waals surface area contributed by atoms with E-state index < -0.39 is 11.8 Å². The zero-order chi connectivity index (χ0) is 28.6. The Morgan fingerprint density at radius 3 is 2.76 bits per heavy atom. The molecule has 10 heteroatoms. The summed E-state index contributed by atoms with van der Waals surface area (Å²) in [5.41, 5.74) is 3.54. The highest BCUT2D eigenvalue weighted by molar-refractivity contribution is 6.30. The third-order valence-corrected chi connectivity index (χ3v) is 9.55. The molecule has 2 aromatic heterocycles. The topological polar surface area (TPSA) is 105 Å². The fraction of sp³-hybridized carbons (Fsp3) is 0.406. The molecule has 1 N–H and O–H groups in total. The van der Waals surface area contributed by atoms with Crippen LogP contribution >= 0.6 is 11.6 Å². The summed E-state index contributed by atoms with van der Waals surface area (Å²) in [6.45, 7) is 3.88. The van der Waals surface area contributed by atoms with Crippen molar-refractivity contribution in [2.24, 2.45) is 5.92 Å². The molecule has 8 rings (SSSR count). The number of hydrogen-bond acceptors (Lipinski definition) is 7. The van der Waals surface area contributed by atoms with Crippen LogP contribution in [-0.2, 0) is 33.6 Å². The summed E-state index contributed by atoms with van der Waals surface area (Å²) in [4.78, 5) is 21.0. The number of hydrogen-bond donors (Lipinski definition) is 1. The number of benzene rings is 2. The number of aromatic nitrogens is 3. The van der Waals surface area contributed by atoms with Crippen molar-refractivity contribution >= 4 is 28.6 Å². The van der Waals surface area contributed by atoms with Crippen LogP contribution in [0.4, 0.5) is 0 Å². The Balaban J connectivity index is 1.03.